The summed E-state index contributed by atoms with van der Waals surface area (Å²) in [5.74, 6) is -0.751. The van der Waals surface area contributed by atoms with E-state index in [1.54, 1.807) is 29.9 Å². The van der Waals surface area contributed by atoms with Crippen LogP contribution in [0.3, 0.4) is 0 Å². The van der Waals surface area contributed by atoms with Crippen molar-refractivity contribution in [2.75, 3.05) is 5.32 Å². The smallest absolute Gasteiger partial charge is 0.282 e. The van der Waals surface area contributed by atoms with Crippen LogP contribution in [0.5, 0.6) is 0 Å². The quantitative estimate of drug-likeness (QED) is 0.691. The Labute approximate surface area is 132 Å². The first-order valence-corrected chi connectivity index (χ1v) is 8.21. The van der Waals surface area contributed by atoms with Gasteiger partial charge in [0, 0.05) is 18.9 Å². The lowest BCUT2D eigenvalue weighted by Crippen LogP contribution is -2.42. The number of benzene rings is 1. The van der Waals surface area contributed by atoms with Crippen molar-refractivity contribution in [2.24, 2.45) is 7.05 Å². The number of fused-ring (bicyclic) bond motifs is 1. The minimum Gasteiger partial charge on any atom is -0.347 e. The van der Waals surface area contributed by atoms with Crippen LogP contribution in [-0.2, 0) is 28.3 Å². The van der Waals surface area contributed by atoms with E-state index in [2.05, 4.69) is 10.7 Å². The molecule has 0 spiro atoms. The molecule has 0 saturated heterocycles. The zero-order chi connectivity index (χ0) is 16.6. The Kier molecular flexibility index (Phi) is 3.66. The molecule has 9 heteroatoms. The van der Waals surface area contributed by atoms with Gasteiger partial charge in [-0.05, 0) is 35.9 Å². The van der Waals surface area contributed by atoms with E-state index in [0.717, 1.165) is 0 Å². The number of hydrogen-bond donors (Lipinski definition) is 3. The van der Waals surface area contributed by atoms with Gasteiger partial charge in [0.2, 0.25) is 5.91 Å². The van der Waals surface area contributed by atoms with E-state index in [0.29, 0.717) is 16.9 Å². The number of carbonyl (C=O) groups excluding carboxylic acids is 2. The Morgan fingerprint density at radius 3 is 2.78 bits per heavy atom. The maximum absolute atomic E-state index is 12.2. The second-order valence-corrected chi connectivity index (χ2v) is 6.79. The first kappa shape index (κ1) is 15.3. The molecule has 8 nitrogen and oxygen atoms in total. The molecule has 0 radical (unpaired) electrons. The monoisotopic (exact) mass is 334 g/mol. The number of aryl methyl sites for hydroxylation is 1. The predicted molar refractivity (Wildman–Crippen MR) is 82.0 cm³/mol. The lowest BCUT2D eigenvalue weighted by molar-refractivity contribution is -0.115. The molecule has 1 aromatic heterocycles. The van der Waals surface area contributed by atoms with Gasteiger partial charge in [0.25, 0.3) is 15.9 Å². The van der Waals surface area contributed by atoms with Crippen molar-refractivity contribution >= 4 is 27.5 Å². The highest BCUT2D eigenvalue weighted by atomic mass is 32.2. The molecule has 1 aliphatic rings. The summed E-state index contributed by atoms with van der Waals surface area (Å²) in [6.45, 7) is 0. The minimum absolute atomic E-state index is 0.0278. The molecule has 1 aromatic carbocycles. The summed E-state index contributed by atoms with van der Waals surface area (Å²) in [7, 11) is -2.25. The Morgan fingerprint density at radius 1 is 1.30 bits per heavy atom. The third-order valence-corrected chi connectivity index (χ3v) is 4.73. The third-order valence-electron chi connectivity index (χ3n) is 3.49. The molecule has 120 valence electrons. The van der Waals surface area contributed by atoms with Crippen LogP contribution in [0.2, 0.25) is 0 Å². The maximum atomic E-state index is 12.2. The van der Waals surface area contributed by atoms with Crippen molar-refractivity contribution in [1.29, 1.82) is 0 Å². The molecule has 2 aromatic rings. The molecular weight excluding hydrogens is 320 g/mol. The fourth-order valence-electron chi connectivity index (χ4n) is 2.31. The number of hydrazine groups is 1. The molecule has 23 heavy (non-hydrogen) atoms. The van der Waals surface area contributed by atoms with Crippen LogP contribution in [0, 0.1) is 0 Å². The molecular formula is C14H14N4O4S. The van der Waals surface area contributed by atoms with E-state index >= 15 is 0 Å². The van der Waals surface area contributed by atoms with E-state index in [9.17, 15) is 18.0 Å². The Balaban J connectivity index is 1.75. The van der Waals surface area contributed by atoms with Gasteiger partial charge >= 0.3 is 0 Å². The number of rotatable bonds is 4. The average molecular weight is 334 g/mol. The van der Waals surface area contributed by atoms with Crippen molar-refractivity contribution < 1.29 is 18.0 Å². The third kappa shape index (κ3) is 2.96. The summed E-state index contributed by atoms with van der Waals surface area (Å²) in [4.78, 5) is 25.2. The number of amides is 2. The van der Waals surface area contributed by atoms with Gasteiger partial charge in [-0.15, -0.1) is 4.83 Å². The van der Waals surface area contributed by atoms with E-state index in [1.807, 2.05) is 4.83 Å². The molecule has 0 fully saturated rings. The SMILES string of the molecule is Cn1cccc1C(=O)NNS(=O)(=O)c1ccc2c(c1)CC(=O)N2. The zero-order valence-electron chi connectivity index (χ0n) is 12.2. The van der Waals surface area contributed by atoms with Crippen LogP contribution >= 0.6 is 0 Å². The second-order valence-electron chi connectivity index (χ2n) is 5.11. The van der Waals surface area contributed by atoms with Gasteiger partial charge < -0.3 is 9.88 Å². The first-order chi connectivity index (χ1) is 10.9. The number of hydrogen-bond acceptors (Lipinski definition) is 4. The van der Waals surface area contributed by atoms with Crippen LogP contribution in [0.25, 0.3) is 0 Å². The molecule has 0 bridgehead atoms. The Morgan fingerprint density at radius 2 is 2.09 bits per heavy atom. The number of sulfonamides is 1. The normalized spacial score (nSPS) is 13.5. The van der Waals surface area contributed by atoms with Gasteiger partial charge in [0.05, 0.1) is 11.3 Å². The van der Waals surface area contributed by atoms with Gasteiger partial charge in [0.1, 0.15) is 5.69 Å². The number of nitrogens with one attached hydrogen (secondary N) is 3. The molecule has 2 heterocycles. The summed E-state index contributed by atoms with van der Waals surface area (Å²) in [6.07, 6.45) is 1.81. The van der Waals surface area contributed by atoms with E-state index in [-0.39, 0.29) is 17.2 Å². The van der Waals surface area contributed by atoms with Crippen molar-refractivity contribution in [3.63, 3.8) is 0 Å². The molecule has 3 rings (SSSR count). The van der Waals surface area contributed by atoms with Gasteiger partial charge in [-0.25, -0.2) is 8.42 Å². The van der Waals surface area contributed by atoms with E-state index < -0.39 is 15.9 Å². The summed E-state index contributed by atoms with van der Waals surface area (Å²) in [5, 5.41) is 2.62. The minimum atomic E-state index is -3.93. The van der Waals surface area contributed by atoms with Crippen LogP contribution in [0.15, 0.2) is 41.4 Å². The second kappa shape index (κ2) is 5.52. The van der Waals surface area contributed by atoms with Crippen LogP contribution in [0.4, 0.5) is 5.69 Å². The number of aromatic nitrogens is 1. The molecule has 3 N–H and O–H groups in total. The van der Waals surface area contributed by atoms with Crippen LogP contribution < -0.4 is 15.6 Å². The molecule has 0 saturated carbocycles. The standard InChI is InChI=1S/C14H14N4O4S/c1-18-6-2-3-12(18)14(20)16-17-23(21,22)10-4-5-11-9(7-10)8-13(19)15-11/h2-7,17H,8H2,1H3,(H,15,19)(H,16,20). The van der Waals surface area contributed by atoms with Crippen molar-refractivity contribution in [3.05, 3.63) is 47.8 Å². The molecule has 0 unspecified atom stereocenters. The highest BCUT2D eigenvalue weighted by molar-refractivity contribution is 7.89. The van der Waals surface area contributed by atoms with Crippen LogP contribution in [-0.4, -0.2) is 24.8 Å². The van der Waals surface area contributed by atoms with Crippen LogP contribution in [0.1, 0.15) is 16.1 Å². The topological polar surface area (TPSA) is 109 Å². The molecule has 0 atom stereocenters. The lowest BCUT2D eigenvalue weighted by Gasteiger charge is -2.10. The fourth-order valence-corrected chi connectivity index (χ4v) is 3.20. The number of carbonyl (C=O) groups is 2. The van der Waals surface area contributed by atoms with Gasteiger partial charge in [-0.3, -0.25) is 15.0 Å². The summed E-state index contributed by atoms with van der Waals surface area (Å²) in [6, 6.07) is 7.53. The summed E-state index contributed by atoms with van der Waals surface area (Å²) >= 11 is 0. The largest absolute Gasteiger partial charge is 0.347 e. The average Bonchev–Trinajstić information content (AvgIpc) is 3.08. The van der Waals surface area contributed by atoms with Gasteiger partial charge in [-0.1, -0.05) is 0 Å². The van der Waals surface area contributed by atoms with Crippen molar-refractivity contribution in [1.82, 2.24) is 14.8 Å². The molecule has 0 aliphatic carbocycles. The highest BCUT2D eigenvalue weighted by Crippen LogP contribution is 2.25. The van der Waals surface area contributed by atoms with E-state index in [4.69, 9.17) is 0 Å². The highest BCUT2D eigenvalue weighted by Gasteiger charge is 2.22. The fraction of sp³-hybridized carbons (Fsp3) is 0.143. The number of nitrogens with zero attached hydrogens (tertiary/aromatic N) is 1. The Hall–Kier alpha value is -2.65. The predicted octanol–water partition coefficient (Wildman–Crippen LogP) is 0.143. The molecule has 2 amide bonds. The van der Waals surface area contributed by atoms with Gasteiger partial charge in [0.15, 0.2) is 0 Å². The summed E-state index contributed by atoms with van der Waals surface area (Å²) in [5.41, 5.74) is 3.68. The first-order valence-electron chi connectivity index (χ1n) is 6.73. The van der Waals surface area contributed by atoms with Gasteiger partial charge in [-0.2, -0.15) is 0 Å². The Bertz CT molecular complexity index is 901. The van der Waals surface area contributed by atoms with Crippen molar-refractivity contribution in [2.45, 2.75) is 11.3 Å². The van der Waals surface area contributed by atoms with E-state index in [1.165, 1.54) is 18.2 Å². The maximum Gasteiger partial charge on any atom is 0.282 e. The molecule has 1 aliphatic heterocycles. The van der Waals surface area contributed by atoms with Crippen molar-refractivity contribution in [3.8, 4) is 0 Å². The number of anilines is 1. The zero-order valence-corrected chi connectivity index (χ0v) is 13.0. The lowest BCUT2D eigenvalue weighted by atomic mass is 10.2. The summed E-state index contributed by atoms with van der Waals surface area (Å²) < 4.78 is 26.0.